The van der Waals surface area contributed by atoms with Gasteiger partial charge in [-0.2, -0.15) is 0 Å². The van der Waals surface area contributed by atoms with E-state index in [-0.39, 0.29) is 18.5 Å². The molecule has 2 fully saturated rings. The van der Waals surface area contributed by atoms with Crippen LogP contribution in [0.1, 0.15) is 44.9 Å². The summed E-state index contributed by atoms with van der Waals surface area (Å²) >= 11 is 0. The fourth-order valence-corrected chi connectivity index (χ4v) is 2.92. The normalized spacial score (nSPS) is 26.3. The molecule has 2 aliphatic rings. The zero-order valence-electron chi connectivity index (χ0n) is 11.1. The Morgan fingerprint density at radius 3 is 2.32 bits per heavy atom. The van der Waals surface area contributed by atoms with Crippen molar-refractivity contribution in [2.24, 2.45) is 11.7 Å². The number of rotatable bonds is 3. The summed E-state index contributed by atoms with van der Waals surface area (Å²) in [5.74, 6) is -1.68. The van der Waals surface area contributed by atoms with Crippen LogP contribution in [0.2, 0.25) is 0 Å². The Bertz CT molecular complexity index is 375. The summed E-state index contributed by atoms with van der Waals surface area (Å²) in [4.78, 5) is 37.2. The maximum absolute atomic E-state index is 12.3. The molecule has 19 heavy (non-hydrogen) atoms. The number of nitrogens with two attached hydrogens (primary N) is 1. The van der Waals surface area contributed by atoms with E-state index < -0.39 is 17.9 Å². The molecule has 106 valence electrons. The largest absolute Gasteiger partial charge is 0.331 e. The Kier molecular flexibility index (Phi) is 4.52. The molecule has 0 bridgehead atoms. The van der Waals surface area contributed by atoms with Gasteiger partial charge in [0.25, 0.3) is 0 Å². The summed E-state index contributed by atoms with van der Waals surface area (Å²) in [6.07, 6.45) is 6.30. The van der Waals surface area contributed by atoms with Crippen molar-refractivity contribution in [3.63, 3.8) is 0 Å². The second-order valence-corrected chi connectivity index (χ2v) is 5.28. The molecule has 6 heteroatoms. The second kappa shape index (κ2) is 6.14. The third kappa shape index (κ3) is 2.94. The molecule has 1 heterocycles. The molecule has 0 aromatic heterocycles. The summed E-state index contributed by atoms with van der Waals surface area (Å²) in [5, 5.41) is 2.28. The topological polar surface area (TPSA) is 92.5 Å². The minimum atomic E-state index is -0.800. The first kappa shape index (κ1) is 14.0. The first-order valence-corrected chi connectivity index (χ1v) is 7.03. The van der Waals surface area contributed by atoms with Crippen LogP contribution in [0.3, 0.4) is 0 Å². The molecule has 0 radical (unpaired) electrons. The zero-order valence-corrected chi connectivity index (χ0v) is 11.1. The van der Waals surface area contributed by atoms with Gasteiger partial charge in [0.1, 0.15) is 5.92 Å². The van der Waals surface area contributed by atoms with E-state index in [1.807, 2.05) is 0 Å². The molecule has 1 aliphatic heterocycles. The molecular formula is C13H21N3O3. The molecule has 4 amide bonds. The van der Waals surface area contributed by atoms with Crippen molar-refractivity contribution in [3.8, 4) is 0 Å². The van der Waals surface area contributed by atoms with Crippen molar-refractivity contribution in [1.82, 2.24) is 10.2 Å². The highest BCUT2D eigenvalue weighted by Gasteiger charge is 2.42. The molecule has 0 aromatic carbocycles. The lowest BCUT2D eigenvalue weighted by atomic mass is 9.97. The van der Waals surface area contributed by atoms with Crippen molar-refractivity contribution in [1.29, 1.82) is 0 Å². The summed E-state index contributed by atoms with van der Waals surface area (Å²) in [6, 6.07) is -0.626. The number of hydrogen-bond acceptors (Lipinski definition) is 4. The number of carbonyl (C=O) groups is 3. The SMILES string of the molecule is NCCC1C(=O)NC(=O)N(C2CCCCCC2)C1=O. The zero-order chi connectivity index (χ0) is 13.8. The molecule has 1 saturated carbocycles. The molecule has 3 N–H and O–H groups in total. The van der Waals surface area contributed by atoms with Crippen LogP contribution in [0, 0.1) is 5.92 Å². The number of amides is 4. The highest BCUT2D eigenvalue weighted by molar-refractivity contribution is 6.16. The Morgan fingerprint density at radius 1 is 1.11 bits per heavy atom. The van der Waals surface area contributed by atoms with Crippen molar-refractivity contribution < 1.29 is 14.4 Å². The monoisotopic (exact) mass is 267 g/mol. The van der Waals surface area contributed by atoms with E-state index in [0.29, 0.717) is 6.42 Å². The molecule has 0 spiro atoms. The van der Waals surface area contributed by atoms with E-state index in [1.54, 1.807) is 0 Å². The third-order valence-corrected chi connectivity index (χ3v) is 3.95. The number of imide groups is 2. The van der Waals surface area contributed by atoms with Crippen LogP contribution >= 0.6 is 0 Å². The van der Waals surface area contributed by atoms with E-state index in [2.05, 4.69) is 5.32 Å². The molecule has 0 aromatic rings. The minimum Gasteiger partial charge on any atom is -0.330 e. The fourth-order valence-electron chi connectivity index (χ4n) is 2.92. The Labute approximate surface area is 112 Å². The lowest BCUT2D eigenvalue weighted by Gasteiger charge is -2.35. The van der Waals surface area contributed by atoms with Gasteiger partial charge in [-0.15, -0.1) is 0 Å². The maximum atomic E-state index is 12.3. The standard InChI is InChI=1S/C13H21N3O3/c14-8-7-10-11(17)15-13(19)16(12(10)18)9-5-3-1-2-4-6-9/h9-10H,1-8,14H2,(H,15,17,19). The van der Waals surface area contributed by atoms with Gasteiger partial charge >= 0.3 is 6.03 Å². The van der Waals surface area contributed by atoms with Crippen molar-refractivity contribution in [3.05, 3.63) is 0 Å². The van der Waals surface area contributed by atoms with Gasteiger partial charge in [-0.25, -0.2) is 4.79 Å². The number of carbonyl (C=O) groups excluding carboxylic acids is 3. The Balaban J connectivity index is 2.14. The van der Waals surface area contributed by atoms with Crippen molar-refractivity contribution >= 4 is 17.8 Å². The van der Waals surface area contributed by atoms with Crippen LogP contribution in [0.15, 0.2) is 0 Å². The lowest BCUT2D eigenvalue weighted by molar-refractivity contribution is -0.144. The van der Waals surface area contributed by atoms with Crippen LogP contribution in [-0.4, -0.2) is 35.3 Å². The number of hydrogen-bond donors (Lipinski definition) is 2. The first-order chi connectivity index (χ1) is 9.15. The molecule has 1 aliphatic carbocycles. The average molecular weight is 267 g/mol. The quantitative estimate of drug-likeness (QED) is 0.583. The van der Waals surface area contributed by atoms with Gasteiger partial charge in [0.15, 0.2) is 0 Å². The number of urea groups is 1. The van der Waals surface area contributed by atoms with Gasteiger partial charge in [0.05, 0.1) is 0 Å². The van der Waals surface area contributed by atoms with Crippen LogP contribution in [0.25, 0.3) is 0 Å². The fraction of sp³-hybridized carbons (Fsp3) is 0.769. The molecule has 6 nitrogen and oxygen atoms in total. The van der Waals surface area contributed by atoms with E-state index >= 15 is 0 Å². The number of barbiturate groups is 1. The van der Waals surface area contributed by atoms with Gasteiger partial charge in [0.2, 0.25) is 11.8 Å². The Morgan fingerprint density at radius 2 is 1.74 bits per heavy atom. The molecule has 1 unspecified atom stereocenters. The molecule has 1 saturated heterocycles. The van der Waals surface area contributed by atoms with E-state index in [4.69, 9.17) is 5.73 Å². The highest BCUT2D eigenvalue weighted by atomic mass is 16.2. The molecular weight excluding hydrogens is 246 g/mol. The Hall–Kier alpha value is -1.43. The molecule has 2 rings (SSSR count). The highest BCUT2D eigenvalue weighted by Crippen LogP contribution is 2.25. The van der Waals surface area contributed by atoms with Gasteiger partial charge in [-0.1, -0.05) is 25.7 Å². The average Bonchev–Trinajstić information content (AvgIpc) is 2.63. The van der Waals surface area contributed by atoms with Crippen LogP contribution in [0.4, 0.5) is 4.79 Å². The second-order valence-electron chi connectivity index (χ2n) is 5.28. The third-order valence-electron chi connectivity index (χ3n) is 3.95. The number of nitrogens with one attached hydrogen (secondary N) is 1. The summed E-state index contributed by atoms with van der Waals surface area (Å²) in [5.41, 5.74) is 5.43. The summed E-state index contributed by atoms with van der Waals surface area (Å²) < 4.78 is 0. The van der Waals surface area contributed by atoms with Crippen molar-refractivity contribution in [2.45, 2.75) is 51.0 Å². The van der Waals surface area contributed by atoms with Crippen molar-refractivity contribution in [2.75, 3.05) is 6.54 Å². The van der Waals surface area contributed by atoms with E-state index in [0.717, 1.165) is 38.5 Å². The van der Waals surface area contributed by atoms with Crippen LogP contribution in [-0.2, 0) is 9.59 Å². The smallest absolute Gasteiger partial charge is 0.330 e. The van der Waals surface area contributed by atoms with Crippen LogP contribution in [0.5, 0.6) is 0 Å². The van der Waals surface area contributed by atoms with Gasteiger partial charge < -0.3 is 5.73 Å². The predicted octanol–water partition coefficient (Wildman–Crippen LogP) is 0.753. The first-order valence-electron chi connectivity index (χ1n) is 7.03. The predicted molar refractivity (Wildman–Crippen MR) is 69.0 cm³/mol. The summed E-state index contributed by atoms with van der Waals surface area (Å²) in [7, 11) is 0. The van der Waals surface area contributed by atoms with Gasteiger partial charge in [-0.3, -0.25) is 19.8 Å². The van der Waals surface area contributed by atoms with E-state index in [9.17, 15) is 14.4 Å². The van der Waals surface area contributed by atoms with Gasteiger partial charge in [-0.05, 0) is 25.8 Å². The van der Waals surface area contributed by atoms with E-state index in [1.165, 1.54) is 4.90 Å². The minimum absolute atomic E-state index is 0.0663. The maximum Gasteiger partial charge on any atom is 0.331 e. The molecule has 1 atom stereocenters. The van der Waals surface area contributed by atoms with Gasteiger partial charge in [0, 0.05) is 6.04 Å². The van der Waals surface area contributed by atoms with Crippen LogP contribution < -0.4 is 11.1 Å². The number of nitrogens with zero attached hydrogens (tertiary/aromatic N) is 1. The lowest BCUT2D eigenvalue weighted by Crippen LogP contribution is -2.61. The summed E-state index contributed by atoms with van der Waals surface area (Å²) in [6.45, 7) is 0.260.